The van der Waals surface area contributed by atoms with E-state index >= 15 is 0 Å². The van der Waals surface area contributed by atoms with Crippen LogP contribution in [0, 0.1) is 5.82 Å². The third-order valence-electron chi connectivity index (χ3n) is 4.55. The molecule has 0 spiro atoms. The smallest absolute Gasteiger partial charge is 0.232 e. The first-order valence-electron chi connectivity index (χ1n) is 9.52. The molecule has 5 heteroatoms. The lowest BCUT2D eigenvalue weighted by Gasteiger charge is -2.18. The van der Waals surface area contributed by atoms with Crippen LogP contribution in [0.5, 0.6) is 0 Å². The van der Waals surface area contributed by atoms with Crippen molar-refractivity contribution in [1.29, 1.82) is 0 Å². The molecule has 0 bridgehead atoms. The van der Waals surface area contributed by atoms with Crippen LogP contribution in [0.25, 0.3) is 0 Å². The van der Waals surface area contributed by atoms with Crippen LogP contribution >= 0.6 is 0 Å². The fourth-order valence-electron chi connectivity index (χ4n) is 3.13. The SMILES string of the molecule is O=C(Cc1ccc(F)cc1)NCCNC(=O)C(c1ccccc1)c1ccccc1. The lowest BCUT2D eigenvalue weighted by Crippen LogP contribution is -2.37. The summed E-state index contributed by atoms with van der Waals surface area (Å²) in [6, 6.07) is 25.0. The van der Waals surface area contributed by atoms with Crippen molar-refractivity contribution < 1.29 is 14.0 Å². The zero-order chi connectivity index (χ0) is 20.5. The Morgan fingerprint density at radius 3 is 1.79 bits per heavy atom. The Morgan fingerprint density at radius 1 is 0.724 bits per heavy atom. The molecule has 4 nitrogen and oxygen atoms in total. The Hall–Kier alpha value is -3.47. The molecule has 0 aromatic heterocycles. The van der Waals surface area contributed by atoms with Crippen molar-refractivity contribution in [2.75, 3.05) is 13.1 Å². The van der Waals surface area contributed by atoms with E-state index in [4.69, 9.17) is 0 Å². The zero-order valence-corrected chi connectivity index (χ0v) is 16.0. The number of benzene rings is 3. The summed E-state index contributed by atoms with van der Waals surface area (Å²) in [4.78, 5) is 24.9. The molecule has 29 heavy (non-hydrogen) atoms. The van der Waals surface area contributed by atoms with Gasteiger partial charge in [0.05, 0.1) is 12.3 Å². The summed E-state index contributed by atoms with van der Waals surface area (Å²) in [6.45, 7) is 0.645. The van der Waals surface area contributed by atoms with Gasteiger partial charge in [-0.15, -0.1) is 0 Å². The van der Waals surface area contributed by atoms with Gasteiger partial charge in [-0.3, -0.25) is 9.59 Å². The van der Waals surface area contributed by atoms with Gasteiger partial charge in [0, 0.05) is 13.1 Å². The van der Waals surface area contributed by atoms with E-state index in [1.165, 1.54) is 12.1 Å². The van der Waals surface area contributed by atoms with Gasteiger partial charge >= 0.3 is 0 Å². The molecule has 3 rings (SSSR count). The lowest BCUT2D eigenvalue weighted by atomic mass is 9.90. The Labute approximate surface area is 169 Å². The molecule has 0 radical (unpaired) electrons. The molecule has 2 N–H and O–H groups in total. The van der Waals surface area contributed by atoms with Crippen molar-refractivity contribution >= 4 is 11.8 Å². The number of nitrogens with one attached hydrogen (secondary N) is 2. The third kappa shape index (κ3) is 6.01. The maximum atomic E-state index is 12.9. The van der Waals surface area contributed by atoms with E-state index in [0.29, 0.717) is 13.1 Å². The van der Waals surface area contributed by atoms with Crippen molar-refractivity contribution in [1.82, 2.24) is 10.6 Å². The predicted molar refractivity (Wildman–Crippen MR) is 111 cm³/mol. The number of amides is 2. The molecule has 0 aliphatic rings. The van der Waals surface area contributed by atoms with Crippen molar-refractivity contribution in [3.63, 3.8) is 0 Å². The molecule has 0 saturated heterocycles. The van der Waals surface area contributed by atoms with Gasteiger partial charge in [-0.2, -0.15) is 0 Å². The van der Waals surface area contributed by atoms with Crippen molar-refractivity contribution in [2.45, 2.75) is 12.3 Å². The highest BCUT2D eigenvalue weighted by Crippen LogP contribution is 2.24. The number of hydrogen-bond donors (Lipinski definition) is 2. The van der Waals surface area contributed by atoms with E-state index in [2.05, 4.69) is 10.6 Å². The Balaban J connectivity index is 1.52. The molecule has 0 saturated carbocycles. The van der Waals surface area contributed by atoms with E-state index < -0.39 is 5.92 Å². The normalized spacial score (nSPS) is 10.6. The molecule has 148 valence electrons. The second-order valence-electron chi connectivity index (χ2n) is 6.70. The standard InChI is InChI=1S/C24H23FN2O2/c25-21-13-11-18(12-14-21)17-22(28)26-15-16-27-24(29)23(19-7-3-1-4-8-19)20-9-5-2-6-10-20/h1-14,23H,15-17H2,(H,26,28)(H,27,29). The summed E-state index contributed by atoms with van der Waals surface area (Å²) >= 11 is 0. The zero-order valence-electron chi connectivity index (χ0n) is 16.0. The third-order valence-corrected chi connectivity index (χ3v) is 4.55. The van der Waals surface area contributed by atoms with Crippen LogP contribution in [0.2, 0.25) is 0 Å². The molecule has 0 fully saturated rings. The highest BCUT2D eigenvalue weighted by Gasteiger charge is 2.22. The molecule has 3 aromatic carbocycles. The van der Waals surface area contributed by atoms with Gasteiger partial charge in [-0.1, -0.05) is 72.8 Å². The van der Waals surface area contributed by atoms with Gasteiger partial charge in [0.1, 0.15) is 5.82 Å². The van der Waals surface area contributed by atoms with Crippen LogP contribution in [0.3, 0.4) is 0 Å². The maximum Gasteiger partial charge on any atom is 0.232 e. The first-order chi connectivity index (χ1) is 14.1. The van der Waals surface area contributed by atoms with Gasteiger partial charge in [0.25, 0.3) is 0 Å². The minimum absolute atomic E-state index is 0.116. The summed E-state index contributed by atoms with van der Waals surface area (Å²) in [5, 5.41) is 5.68. The van der Waals surface area contributed by atoms with Crippen LogP contribution in [-0.2, 0) is 16.0 Å². The number of carbonyl (C=O) groups is 2. The molecule has 0 aliphatic carbocycles. The second-order valence-corrected chi connectivity index (χ2v) is 6.70. The van der Waals surface area contributed by atoms with Gasteiger partial charge in [0.15, 0.2) is 0 Å². The molecule has 2 amide bonds. The summed E-state index contributed by atoms with van der Waals surface area (Å²) in [6.07, 6.45) is 0.172. The van der Waals surface area contributed by atoms with Crippen LogP contribution in [0.4, 0.5) is 4.39 Å². The van der Waals surface area contributed by atoms with E-state index in [-0.39, 0.29) is 24.1 Å². The van der Waals surface area contributed by atoms with Gasteiger partial charge in [-0.05, 0) is 28.8 Å². The molecular weight excluding hydrogens is 367 g/mol. The first-order valence-corrected chi connectivity index (χ1v) is 9.52. The monoisotopic (exact) mass is 390 g/mol. The fourth-order valence-corrected chi connectivity index (χ4v) is 3.13. The average molecular weight is 390 g/mol. The Morgan fingerprint density at radius 2 is 1.24 bits per heavy atom. The topological polar surface area (TPSA) is 58.2 Å². The van der Waals surface area contributed by atoms with Gasteiger partial charge in [0.2, 0.25) is 11.8 Å². The fraction of sp³-hybridized carbons (Fsp3) is 0.167. The summed E-state index contributed by atoms with van der Waals surface area (Å²) < 4.78 is 12.9. The van der Waals surface area contributed by atoms with E-state index in [9.17, 15) is 14.0 Å². The minimum atomic E-state index is -0.410. The van der Waals surface area contributed by atoms with Crippen molar-refractivity contribution in [3.8, 4) is 0 Å². The van der Waals surface area contributed by atoms with Gasteiger partial charge in [-0.25, -0.2) is 4.39 Å². The predicted octanol–water partition coefficient (Wildman–Crippen LogP) is 3.43. The minimum Gasteiger partial charge on any atom is -0.354 e. The number of hydrogen-bond acceptors (Lipinski definition) is 2. The van der Waals surface area contributed by atoms with Crippen LogP contribution in [0.15, 0.2) is 84.9 Å². The van der Waals surface area contributed by atoms with E-state index in [0.717, 1.165) is 16.7 Å². The first kappa shape index (κ1) is 20.3. The van der Waals surface area contributed by atoms with Crippen LogP contribution in [-0.4, -0.2) is 24.9 Å². The van der Waals surface area contributed by atoms with Crippen molar-refractivity contribution in [3.05, 3.63) is 107 Å². The van der Waals surface area contributed by atoms with Gasteiger partial charge < -0.3 is 10.6 Å². The van der Waals surface area contributed by atoms with Crippen LogP contribution < -0.4 is 10.6 Å². The molecule has 3 aromatic rings. The molecule has 0 atom stereocenters. The lowest BCUT2D eigenvalue weighted by molar-refractivity contribution is -0.123. The number of rotatable bonds is 8. The summed E-state index contributed by atoms with van der Waals surface area (Å²) in [5.74, 6) is -1.03. The highest BCUT2D eigenvalue weighted by molar-refractivity contribution is 5.87. The highest BCUT2D eigenvalue weighted by atomic mass is 19.1. The Bertz CT molecular complexity index is 889. The van der Waals surface area contributed by atoms with E-state index in [1.54, 1.807) is 12.1 Å². The summed E-state index contributed by atoms with van der Waals surface area (Å²) in [5.41, 5.74) is 2.56. The summed E-state index contributed by atoms with van der Waals surface area (Å²) in [7, 11) is 0. The number of halogens is 1. The maximum absolute atomic E-state index is 12.9. The molecule has 0 unspecified atom stereocenters. The quantitative estimate of drug-likeness (QED) is 0.579. The Kier molecular flexibility index (Phi) is 7.11. The van der Waals surface area contributed by atoms with Crippen molar-refractivity contribution in [2.24, 2.45) is 0 Å². The largest absolute Gasteiger partial charge is 0.354 e. The molecule has 0 aliphatic heterocycles. The van der Waals surface area contributed by atoms with E-state index in [1.807, 2.05) is 60.7 Å². The number of carbonyl (C=O) groups excluding carboxylic acids is 2. The van der Waals surface area contributed by atoms with Crippen LogP contribution in [0.1, 0.15) is 22.6 Å². The average Bonchev–Trinajstić information content (AvgIpc) is 2.75. The second kappa shape index (κ2) is 10.2. The molecular formula is C24H23FN2O2. The molecule has 0 heterocycles.